The zero-order valence-electron chi connectivity index (χ0n) is 12.1. The van der Waals surface area contributed by atoms with Gasteiger partial charge in [-0.15, -0.1) is 0 Å². The van der Waals surface area contributed by atoms with Gasteiger partial charge in [0.15, 0.2) is 5.15 Å². The quantitative estimate of drug-likeness (QED) is 0.826. The zero-order chi connectivity index (χ0) is 13.7. The molecule has 2 unspecified atom stereocenters. The second-order valence-electron chi connectivity index (χ2n) is 5.91. The Hall–Kier alpha value is -0.540. The minimum absolute atomic E-state index is 0.641. The minimum atomic E-state index is 0.641. The fourth-order valence-corrected chi connectivity index (χ4v) is 3.10. The summed E-state index contributed by atoms with van der Waals surface area (Å²) in [6.45, 7) is 5.35. The molecule has 1 saturated carbocycles. The fourth-order valence-electron chi connectivity index (χ4n) is 2.89. The number of imidazole rings is 1. The Bertz CT molecular complexity index is 389. The van der Waals surface area contributed by atoms with Gasteiger partial charge in [0.05, 0.1) is 5.69 Å². The maximum absolute atomic E-state index is 6.19. The van der Waals surface area contributed by atoms with Crippen LogP contribution in [-0.2, 0) is 13.0 Å². The van der Waals surface area contributed by atoms with Gasteiger partial charge in [0.25, 0.3) is 0 Å². The van der Waals surface area contributed by atoms with E-state index in [0.29, 0.717) is 11.2 Å². The number of aryl methyl sites for hydroxylation is 1. The first kappa shape index (κ1) is 14.9. The molecule has 2 atom stereocenters. The molecule has 0 aromatic carbocycles. The summed E-state index contributed by atoms with van der Waals surface area (Å²) in [6.07, 6.45) is 8.65. The summed E-state index contributed by atoms with van der Waals surface area (Å²) in [6, 6.07) is 0.641. The molecule has 3 nitrogen and oxygen atoms in total. The van der Waals surface area contributed by atoms with E-state index in [2.05, 4.69) is 29.1 Å². The molecule has 0 bridgehead atoms. The first-order valence-electron chi connectivity index (χ1n) is 7.65. The van der Waals surface area contributed by atoms with Crippen LogP contribution in [-0.4, -0.2) is 16.0 Å². The molecule has 1 heterocycles. The number of unbranched alkanes of at least 4 members (excludes halogenated alkanes) is 1. The lowest BCUT2D eigenvalue weighted by Gasteiger charge is -2.27. The van der Waals surface area contributed by atoms with E-state index in [1.165, 1.54) is 32.1 Å². The zero-order valence-corrected chi connectivity index (χ0v) is 12.9. The fraction of sp³-hybridized carbons (Fsp3) is 0.800. The summed E-state index contributed by atoms with van der Waals surface area (Å²) in [7, 11) is 0. The molecule has 0 aliphatic heterocycles. The SMILES string of the molecule is CCCCc1nc(Cl)c(CNC2CCCC(C)C2)[nH]1. The van der Waals surface area contributed by atoms with Crippen molar-refractivity contribution in [3.63, 3.8) is 0 Å². The predicted octanol–water partition coefficient (Wildman–Crippen LogP) is 4.07. The highest BCUT2D eigenvalue weighted by Gasteiger charge is 2.19. The first-order valence-corrected chi connectivity index (χ1v) is 8.03. The van der Waals surface area contributed by atoms with Gasteiger partial charge in [0, 0.05) is 19.0 Å². The van der Waals surface area contributed by atoms with Gasteiger partial charge in [0.2, 0.25) is 0 Å². The minimum Gasteiger partial charge on any atom is -0.344 e. The van der Waals surface area contributed by atoms with Crippen molar-refractivity contribution in [2.24, 2.45) is 5.92 Å². The topological polar surface area (TPSA) is 40.7 Å². The second-order valence-corrected chi connectivity index (χ2v) is 6.26. The number of rotatable bonds is 6. The maximum Gasteiger partial charge on any atom is 0.151 e. The van der Waals surface area contributed by atoms with Gasteiger partial charge in [-0.3, -0.25) is 0 Å². The molecule has 0 amide bonds. The van der Waals surface area contributed by atoms with Crippen molar-refractivity contribution in [2.75, 3.05) is 0 Å². The van der Waals surface area contributed by atoms with Gasteiger partial charge in [0.1, 0.15) is 5.82 Å². The van der Waals surface area contributed by atoms with E-state index in [1.807, 2.05) is 0 Å². The maximum atomic E-state index is 6.19. The predicted molar refractivity (Wildman–Crippen MR) is 80.5 cm³/mol. The number of aromatic amines is 1. The van der Waals surface area contributed by atoms with Gasteiger partial charge in [-0.1, -0.05) is 44.7 Å². The average molecular weight is 284 g/mol. The van der Waals surface area contributed by atoms with Crippen LogP contribution in [0.1, 0.15) is 63.9 Å². The van der Waals surface area contributed by atoms with Crippen LogP contribution in [0, 0.1) is 5.92 Å². The van der Waals surface area contributed by atoms with Crippen LogP contribution < -0.4 is 5.32 Å². The third kappa shape index (κ3) is 4.50. The number of hydrogen-bond acceptors (Lipinski definition) is 2. The van der Waals surface area contributed by atoms with E-state index in [9.17, 15) is 0 Å². The molecule has 0 radical (unpaired) electrons. The molecule has 1 aliphatic carbocycles. The number of aromatic nitrogens is 2. The number of hydrogen-bond donors (Lipinski definition) is 2. The third-order valence-electron chi connectivity index (χ3n) is 4.05. The van der Waals surface area contributed by atoms with Gasteiger partial charge in [-0.05, 0) is 25.2 Å². The number of halogens is 1. The molecule has 1 aliphatic rings. The highest BCUT2D eigenvalue weighted by atomic mass is 35.5. The lowest BCUT2D eigenvalue weighted by atomic mass is 9.87. The Morgan fingerprint density at radius 3 is 3.00 bits per heavy atom. The summed E-state index contributed by atoms with van der Waals surface area (Å²) >= 11 is 6.19. The lowest BCUT2D eigenvalue weighted by Crippen LogP contribution is -2.33. The van der Waals surface area contributed by atoms with E-state index in [0.717, 1.165) is 36.8 Å². The summed E-state index contributed by atoms with van der Waals surface area (Å²) in [5, 5.41) is 4.26. The Morgan fingerprint density at radius 2 is 2.26 bits per heavy atom. The van der Waals surface area contributed by atoms with Crippen molar-refractivity contribution in [3.8, 4) is 0 Å². The molecular formula is C15H26ClN3. The van der Waals surface area contributed by atoms with Crippen molar-refractivity contribution >= 4 is 11.6 Å². The Labute approximate surface area is 121 Å². The normalized spacial score (nSPS) is 23.7. The molecule has 2 N–H and O–H groups in total. The molecule has 108 valence electrons. The van der Waals surface area contributed by atoms with Crippen LogP contribution in [0.4, 0.5) is 0 Å². The highest BCUT2D eigenvalue weighted by Crippen LogP contribution is 2.24. The second kappa shape index (κ2) is 7.30. The van der Waals surface area contributed by atoms with E-state index >= 15 is 0 Å². The molecule has 0 saturated heterocycles. The van der Waals surface area contributed by atoms with Gasteiger partial charge >= 0.3 is 0 Å². The molecule has 1 fully saturated rings. The summed E-state index contributed by atoms with van der Waals surface area (Å²) in [4.78, 5) is 7.76. The lowest BCUT2D eigenvalue weighted by molar-refractivity contribution is 0.300. The molecule has 4 heteroatoms. The Balaban J connectivity index is 1.83. The van der Waals surface area contributed by atoms with E-state index < -0.39 is 0 Å². The van der Waals surface area contributed by atoms with Crippen molar-refractivity contribution in [1.29, 1.82) is 0 Å². The Kier molecular flexibility index (Phi) is 5.71. The van der Waals surface area contributed by atoms with Crippen LogP contribution in [0.2, 0.25) is 5.15 Å². The Morgan fingerprint density at radius 1 is 1.42 bits per heavy atom. The van der Waals surface area contributed by atoms with Crippen molar-refractivity contribution < 1.29 is 0 Å². The molecule has 1 aromatic rings. The number of nitrogens with zero attached hydrogens (tertiary/aromatic N) is 1. The van der Waals surface area contributed by atoms with Crippen LogP contribution >= 0.6 is 11.6 Å². The highest BCUT2D eigenvalue weighted by molar-refractivity contribution is 6.30. The van der Waals surface area contributed by atoms with E-state index in [-0.39, 0.29) is 0 Å². The molecule has 2 rings (SSSR count). The molecular weight excluding hydrogens is 258 g/mol. The number of H-pyrrole nitrogens is 1. The van der Waals surface area contributed by atoms with Crippen LogP contribution in [0.3, 0.4) is 0 Å². The van der Waals surface area contributed by atoms with E-state index in [1.54, 1.807) is 0 Å². The average Bonchev–Trinajstić information content (AvgIpc) is 2.75. The van der Waals surface area contributed by atoms with Crippen LogP contribution in [0.5, 0.6) is 0 Å². The van der Waals surface area contributed by atoms with Gasteiger partial charge < -0.3 is 10.3 Å². The smallest absolute Gasteiger partial charge is 0.151 e. The molecule has 19 heavy (non-hydrogen) atoms. The van der Waals surface area contributed by atoms with Crippen molar-refractivity contribution in [3.05, 3.63) is 16.7 Å². The van der Waals surface area contributed by atoms with Crippen LogP contribution in [0.15, 0.2) is 0 Å². The van der Waals surface area contributed by atoms with Crippen molar-refractivity contribution in [2.45, 2.75) is 71.4 Å². The van der Waals surface area contributed by atoms with E-state index in [4.69, 9.17) is 11.6 Å². The summed E-state index contributed by atoms with van der Waals surface area (Å²) in [5.41, 5.74) is 1.05. The van der Waals surface area contributed by atoms with Gasteiger partial charge in [-0.2, -0.15) is 0 Å². The molecule has 0 spiro atoms. The number of nitrogens with one attached hydrogen (secondary N) is 2. The standard InChI is InChI=1S/C15H26ClN3/c1-3-4-8-14-18-13(15(16)19-14)10-17-12-7-5-6-11(2)9-12/h11-12,17H,3-10H2,1-2H3,(H,18,19). The monoisotopic (exact) mass is 283 g/mol. The first-order chi connectivity index (χ1) is 9.19. The summed E-state index contributed by atoms with van der Waals surface area (Å²) in [5.74, 6) is 1.88. The van der Waals surface area contributed by atoms with Crippen LogP contribution in [0.25, 0.3) is 0 Å². The third-order valence-corrected chi connectivity index (χ3v) is 4.36. The largest absolute Gasteiger partial charge is 0.344 e. The van der Waals surface area contributed by atoms with Gasteiger partial charge in [-0.25, -0.2) is 4.98 Å². The van der Waals surface area contributed by atoms with Crippen molar-refractivity contribution in [1.82, 2.24) is 15.3 Å². The summed E-state index contributed by atoms with van der Waals surface area (Å²) < 4.78 is 0. The molecule has 1 aromatic heterocycles.